The van der Waals surface area contributed by atoms with Gasteiger partial charge in [-0.3, -0.25) is 0 Å². The molecule has 0 atom stereocenters. The SMILES string of the molecule is NC1(c2nc3cc(C(F)(F)F)ccc3s2)CCOCC1. The molecule has 0 saturated carbocycles. The molecule has 108 valence electrons. The van der Waals surface area contributed by atoms with E-state index in [1.54, 1.807) is 0 Å². The van der Waals surface area contributed by atoms with Gasteiger partial charge in [0.2, 0.25) is 0 Å². The largest absolute Gasteiger partial charge is 0.416 e. The highest BCUT2D eigenvalue weighted by atomic mass is 32.1. The second-order valence-corrected chi connectivity index (χ2v) is 6.00. The Balaban J connectivity index is 2.02. The smallest absolute Gasteiger partial charge is 0.381 e. The molecule has 1 aromatic carbocycles. The van der Waals surface area contributed by atoms with Crippen LogP contribution < -0.4 is 5.73 Å². The highest BCUT2D eigenvalue weighted by molar-refractivity contribution is 7.18. The molecule has 0 radical (unpaired) electrons. The zero-order valence-corrected chi connectivity index (χ0v) is 11.4. The number of nitrogens with zero attached hydrogens (tertiary/aromatic N) is 1. The van der Waals surface area contributed by atoms with Gasteiger partial charge >= 0.3 is 6.18 Å². The first kappa shape index (κ1) is 13.8. The Labute approximate surface area is 117 Å². The summed E-state index contributed by atoms with van der Waals surface area (Å²) in [6, 6.07) is 3.62. The summed E-state index contributed by atoms with van der Waals surface area (Å²) in [6.45, 7) is 1.11. The van der Waals surface area contributed by atoms with Crippen molar-refractivity contribution in [2.24, 2.45) is 5.73 Å². The van der Waals surface area contributed by atoms with Crippen molar-refractivity contribution in [3.63, 3.8) is 0 Å². The summed E-state index contributed by atoms with van der Waals surface area (Å²) in [5.41, 5.74) is 5.41. The summed E-state index contributed by atoms with van der Waals surface area (Å²) in [7, 11) is 0. The topological polar surface area (TPSA) is 48.1 Å². The molecule has 1 saturated heterocycles. The average molecular weight is 302 g/mol. The van der Waals surface area contributed by atoms with E-state index < -0.39 is 17.3 Å². The molecule has 20 heavy (non-hydrogen) atoms. The molecular formula is C13H13F3N2OS. The third-order valence-electron chi connectivity index (χ3n) is 3.53. The van der Waals surface area contributed by atoms with Gasteiger partial charge in [0, 0.05) is 13.2 Å². The van der Waals surface area contributed by atoms with Crippen molar-refractivity contribution in [1.82, 2.24) is 4.98 Å². The number of hydrogen-bond acceptors (Lipinski definition) is 4. The van der Waals surface area contributed by atoms with E-state index in [-0.39, 0.29) is 0 Å². The number of halogens is 3. The number of fused-ring (bicyclic) bond motifs is 1. The van der Waals surface area contributed by atoms with Crippen molar-refractivity contribution in [2.45, 2.75) is 24.6 Å². The van der Waals surface area contributed by atoms with Crippen molar-refractivity contribution in [1.29, 1.82) is 0 Å². The normalized spacial score (nSPS) is 19.4. The summed E-state index contributed by atoms with van der Waals surface area (Å²) in [5, 5.41) is 0.690. The number of ether oxygens (including phenoxy) is 1. The molecule has 7 heteroatoms. The molecule has 0 bridgehead atoms. The van der Waals surface area contributed by atoms with Gasteiger partial charge in [-0.25, -0.2) is 4.98 Å². The standard InChI is InChI=1S/C13H13F3N2OS/c14-13(15,16)8-1-2-10-9(7-8)18-11(20-10)12(17)3-5-19-6-4-12/h1-2,7H,3-6,17H2. The lowest BCUT2D eigenvalue weighted by Gasteiger charge is -2.31. The fourth-order valence-electron chi connectivity index (χ4n) is 2.27. The van der Waals surface area contributed by atoms with E-state index in [1.165, 1.54) is 17.4 Å². The van der Waals surface area contributed by atoms with Gasteiger partial charge in [0.05, 0.1) is 21.3 Å². The summed E-state index contributed by atoms with van der Waals surface area (Å²) in [5.74, 6) is 0. The van der Waals surface area contributed by atoms with Gasteiger partial charge in [-0.1, -0.05) is 0 Å². The number of aromatic nitrogens is 1. The van der Waals surface area contributed by atoms with Crippen LogP contribution in [-0.4, -0.2) is 18.2 Å². The van der Waals surface area contributed by atoms with E-state index >= 15 is 0 Å². The molecular weight excluding hydrogens is 289 g/mol. The Bertz CT molecular complexity index is 632. The number of thiazole rings is 1. The monoisotopic (exact) mass is 302 g/mol. The van der Waals surface area contributed by atoms with Crippen LogP contribution in [-0.2, 0) is 16.5 Å². The number of alkyl halides is 3. The van der Waals surface area contributed by atoms with Crippen molar-refractivity contribution < 1.29 is 17.9 Å². The van der Waals surface area contributed by atoms with Gasteiger partial charge in [0.25, 0.3) is 0 Å². The Morgan fingerprint density at radius 1 is 1.25 bits per heavy atom. The van der Waals surface area contributed by atoms with Crippen LogP contribution in [0.4, 0.5) is 13.2 Å². The van der Waals surface area contributed by atoms with E-state index in [9.17, 15) is 13.2 Å². The molecule has 0 aliphatic carbocycles. The minimum absolute atomic E-state index is 0.358. The van der Waals surface area contributed by atoms with E-state index in [0.29, 0.717) is 36.6 Å². The molecule has 3 rings (SSSR count). The molecule has 3 nitrogen and oxygen atoms in total. The maximum absolute atomic E-state index is 12.7. The molecule has 2 heterocycles. The van der Waals surface area contributed by atoms with E-state index in [0.717, 1.165) is 16.8 Å². The molecule has 0 spiro atoms. The van der Waals surface area contributed by atoms with Crippen molar-refractivity contribution in [3.05, 3.63) is 28.8 Å². The Morgan fingerprint density at radius 2 is 1.95 bits per heavy atom. The number of rotatable bonds is 1. The van der Waals surface area contributed by atoms with Crippen LogP contribution in [0, 0.1) is 0 Å². The second-order valence-electron chi connectivity index (χ2n) is 4.97. The predicted octanol–water partition coefficient (Wildman–Crippen LogP) is 3.28. The zero-order chi connectivity index (χ0) is 14.4. The fraction of sp³-hybridized carbons (Fsp3) is 0.462. The Morgan fingerprint density at radius 3 is 2.60 bits per heavy atom. The van der Waals surface area contributed by atoms with E-state index in [2.05, 4.69) is 4.98 Å². The van der Waals surface area contributed by atoms with Crippen molar-refractivity contribution in [2.75, 3.05) is 13.2 Å². The van der Waals surface area contributed by atoms with E-state index in [1.807, 2.05) is 0 Å². The van der Waals surface area contributed by atoms with Gasteiger partial charge in [-0.2, -0.15) is 13.2 Å². The quantitative estimate of drug-likeness (QED) is 0.879. The maximum Gasteiger partial charge on any atom is 0.416 e. The Kier molecular flexibility index (Phi) is 3.23. The third kappa shape index (κ3) is 2.41. The summed E-state index contributed by atoms with van der Waals surface area (Å²) in [6.07, 6.45) is -3.07. The van der Waals surface area contributed by atoms with Gasteiger partial charge < -0.3 is 10.5 Å². The molecule has 1 aliphatic heterocycles. The van der Waals surface area contributed by atoms with Gasteiger partial charge in [0.15, 0.2) is 0 Å². The second kappa shape index (κ2) is 4.68. The summed E-state index contributed by atoms with van der Waals surface area (Å²) < 4.78 is 44.1. The van der Waals surface area contributed by atoms with Crippen LogP contribution >= 0.6 is 11.3 Å². The average Bonchev–Trinajstić information content (AvgIpc) is 2.82. The lowest BCUT2D eigenvalue weighted by molar-refractivity contribution is -0.137. The third-order valence-corrected chi connectivity index (χ3v) is 4.78. The van der Waals surface area contributed by atoms with E-state index in [4.69, 9.17) is 10.5 Å². The first-order valence-corrected chi connectivity index (χ1v) is 7.05. The van der Waals surface area contributed by atoms with Crippen molar-refractivity contribution in [3.8, 4) is 0 Å². The number of benzene rings is 1. The summed E-state index contributed by atoms with van der Waals surface area (Å²) >= 11 is 1.36. The first-order chi connectivity index (χ1) is 9.38. The minimum atomic E-state index is -4.35. The van der Waals surface area contributed by atoms with Gasteiger partial charge in [0.1, 0.15) is 5.01 Å². The zero-order valence-electron chi connectivity index (χ0n) is 10.5. The number of hydrogen-bond donors (Lipinski definition) is 1. The molecule has 2 N–H and O–H groups in total. The van der Waals surface area contributed by atoms with Gasteiger partial charge in [-0.15, -0.1) is 11.3 Å². The predicted molar refractivity (Wildman–Crippen MR) is 70.5 cm³/mol. The van der Waals surface area contributed by atoms with Crippen molar-refractivity contribution >= 4 is 21.6 Å². The molecule has 1 fully saturated rings. The summed E-state index contributed by atoms with van der Waals surface area (Å²) in [4.78, 5) is 4.32. The molecule has 1 aromatic heterocycles. The maximum atomic E-state index is 12.7. The highest BCUT2D eigenvalue weighted by Gasteiger charge is 2.34. The van der Waals surface area contributed by atoms with Crippen LogP contribution in [0.3, 0.4) is 0 Å². The van der Waals surface area contributed by atoms with Gasteiger partial charge in [-0.05, 0) is 31.0 Å². The molecule has 2 aromatic rings. The van der Waals surface area contributed by atoms with Crippen LogP contribution in [0.25, 0.3) is 10.2 Å². The van der Waals surface area contributed by atoms with Crippen LogP contribution in [0.5, 0.6) is 0 Å². The fourth-order valence-corrected chi connectivity index (χ4v) is 3.37. The number of nitrogens with two attached hydrogens (primary N) is 1. The molecule has 1 aliphatic rings. The lowest BCUT2D eigenvalue weighted by atomic mass is 9.92. The Hall–Kier alpha value is -1.18. The van der Waals surface area contributed by atoms with Crippen LogP contribution in [0.2, 0.25) is 0 Å². The molecule has 0 amide bonds. The van der Waals surface area contributed by atoms with Crippen LogP contribution in [0.15, 0.2) is 18.2 Å². The first-order valence-electron chi connectivity index (χ1n) is 6.23. The van der Waals surface area contributed by atoms with Crippen LogP contribution in [0.1, 0.15) is 23.4 Å². The lowest BCUT2D eigenvalue weighted by Crippen LogP contribution is -2.42. The highest BCUT2D eigenvalue weighted by Crippen LogP contribution is 2.37. The minimum Gasteiger partial charge on any atom is -0.381 e. The molecule has 0 unspecified atom stereocenters.